The lowest BCUT2D eigenvalue weighted by atomic mass is 10.2. The molecule has 3 amide bonds. The Bertz CT molecular complexity index is 1230. The Balaban J connectivity index is 1.60. The summed E-state index contributed by atoms with van der Waals surface area (Å²) in [7, 11) is -3.53. The number of methoxy groups -OCH3 is 1. The lowest BCUT2D eigenvalue weighted by molar-refractivity contribution is -0.133. The molecule has 2 aromatic rings. The van der Waals surface area contributed by atoms with Gasteiger partial charge in [0.05, 0.1) is 6.10 Å². The standard InChI is InChI=1S/C23H29N6O8P/c1-37-16-7-8-29(14-16)18-13-17(24-19(25-18)15-5-3-2-4-6-15)20(30)26-21(38(34,35)36)22(31)27-9-11-28(12-10-27)23(32)33/h2-6,13,16,21H,7-12,14H2,1H3,(H,26,30)(H,32,33)(H2,34,35,36)/t16-,21?/m0/s1. The van der Waals surface area contributed by atoms with Gasteiger partial charge in [-0.2, -0.15) is 0 Å². The summed E-state index contributed by atoms with van der Waals surface area (Å²) in [5.41, 5.74) is 0.460. The van der Waals surface area contributed by atoms with E-state index in [4.69, 9.17) is 9.84 Å². The monoisotopic (exact) mass is 548 g/mol. The number of carbonyl (C=O) groups is 3. The summed E-state index contributed by atoms with van der Waals surface area (Å²) < 4.78 is 17.7. The molecule has 2 fully saturated rings. The molecule has 38 heavy (non-hydrogen) atoms. The number of rotatable bonds is 7. The number of nitrogens with zero attached hydrogens (tertiary/aromatic N) is 5. The molecule has 204 valence electrons. The zero-order valence-electron chi connectivity index (χ0n) is 20.6. The van der Waals surface area contributed by atoms with Crippen LogP contribution in [0.3, 0.4) is 0 Å². The molecule has 1 aromatic carbocycles. The Morgan fingerprint density at radius 1 is 1.05 bits per heavy atom. The first-order valence-corrected chi connectivity index (χ1v) is 13.6. The van der Waals surface area contributed by atoms with Gasteiger partial charge in [-0.15, -0.1) is 0 Å². The molecule has 15 heteroatoms. The van der Waals surface area contributed by atoms with Crippen LogP contribution in [0.5, 0.6) is 0 Å². The maximum Gasteiger partial charge on any atom is 0.407 e. The zero-order valence-corrected chi connectivity index (χ0v) is 21.5. The van der Waals surface area contributed by atoms with Gasteiger partial charge < -0.3 is 39.6 Å². The number of ether oxygens (including phenoxy) is 1. The molecule has 2 saturated heterocycles. The first-order valence-electron chi connectivity index (χ1n) is 11.9. The van der Waals surface area contributed by atoms with Crippen molar-refractivity contribution in [1.29, 1.82) is 0 Å². The summed E-state index contributed by atoms with van der Waals surface area (Å²) in [5.74, 6) is -3.45. The van der Waals surface area contributed by atoms with Crippen LogP contribution in [0.2, 0.25) is 0 Å². The van der Waals surface area contributed by atoms with Crippen molar-refractivity contribution in [2.24, 2.45) is 0 Å². The highest BCUT2D eigenvalue weighted by Crippen LogP contribution is 2.41. The number of nitrogens with one attached hydrogen (secondary N) is 1. The van der Waals surface area contributed by atoms with Crippen molar-refractivity contribution in [2.75, 3.05) is 51.3 Å². The third-order valence-electron chi connectivity index (χ3n) is 6.48. The van der Waals surface area contributed by atoms with E-state index in [1.807, 2.05) is 11.0 Å². The predicted molar refractivity (Wildman–Crippen MR) is 135 cm³/mol. The minimum absolute atomic E-state index is 0.0133. The summed E-state index contributed by atoms with van der Waals surface area (Å²) in [6.07, 6.45) is -0.409. The van der Waals surface area contributed by atoms with Gasteiger partial charge in [0.15, 0.2) is 5.82 Å². The van der Waals surface area contributed by atoms with E-state index in [1.54, 1.807) is 31.4 Å². The third-order valence-corrected chi connectivity index (χ3v) is 7.50. The average Bonchev–Trinajstić information content (AvgIpc) is 3.40. The van der Waals surface area contributed by atoms with E-state index in [1.165, 1.54) is 6.07 Å². The molecule has 1 unspecified atom stereocenters. The molecule has 3 heterocycles. The fourth-order valence-electron chi connectivity index (χ4n) is 4.34. The third kappa shape index (κ3) is 6.27. The number of aromatic nitrogens is 2. The van der Waals surface area contributed by atoms with Crippen molar-refractivity contribution < 1.29 is 38.6 Å². The van der Waals surface area contributed by atoms with Crippen LogP contribution >= 0.6 is 7.60 Å². The molecule has 4 N–H and O–H groups in total. The van der Waals surface area contributed by atoms with Crippen molar-refractivity contribution in [3.63, 3.8) is 0 Å². The van der Waals surface area contributed by atoms with Crippen LogP contribution in [0.4, 0.5) is 10.6 Å². The second-order valence-corrected chi connectivity index (χ2v) is 10.6. The second kappa shape index (κ2) is 11.4. The zero-order chi connectivity index (χ0) is 27.4. The van der Waals surface area contributed by atoms with Crippen molar-refractivity contribution in [3.05, 3.63) is 42.1 Å². The fraction of sp³-hybridized carbons (Fsp3) is 0.435. The molecule has 0 spiro atoms. The number of carboxylic acid groups (broad SMARTS) is 1. The Morgan fingerprint density at radius 2 is 1.71 bits per heavy atom. The van der Waals surface area contributed by atoms with Gasteiger partial charge in [-0.25, -0.2) is 14.8 Å². The van der Waals surface area contributed by atoms with Gasteiger partial charge in [-0.3, -0.25) is 14.2 Å². The van der Waals surface area contributed by atoms with Crippen molar-refractivity contribution >= 4 is 31.3 Å². The highest BCUT2D eigenvalue weighted by atomic mass is 31.2. The van der Waals surface area contributed by atoms with Gasteiger partial charge in [0.1, 0.15) is 11.5 Å². The van der Waals surface area contributed by atoms with Gasteiger partial charge in [-0.1, -0.05) is 30.3 Å². The second-order valence-electron chi connectivity index (χ2n) is 8.95. The SMILES string of the molecule is CO[C@H]1CCN(c2cc(C(=O)NC(C(=O)N3CCN(C(=O)O)CC3)P(=O)(O)O)nc(-c3ccccc3)n2)C1. The summed E-state index contributed by atoms with van der Waals surface area (Å²) in [6.45, 7) is 0.991. The average molecular weight is 548 g/mol. The quantitative estimate of drug-likeness (QED) is 0.352. The van der Waals surface area contributed by atoms with Gasteiger partial charge in [0, 0.05) is 58.0 Å². The van der Waals surface area contributed by atoms with Crippen molar-refractivity contribution in [1.82, 2.24) is 25.1 Å². The van der Waals surface area contributed by atoms with E-state index in [2.05, 4.69) is 15.3 Å². The molecule has 4 rings (SSSR count). The molecule has 0 bridgehead atoms. The minimum atomic E-state index is -5.15. The normalized spacial score (nSPS) is 18.8. The smallest absolute Gasteiger partial charge is 0.407 e. The van der Waals surface area contributed by atoms with Gasteiger partial charge in [0.25, 0.3) is 11.8 Å². The van der Waals surface area contributed by atoms with Crippen LogP contribution in [-0.4, -0.2) is 111 Å². The number of hydrogen-bond donors (Lipinski definition) is 4. The molecule has 1 aromatic heterocycles. The summed E-state index contributed by atoms with van der Waals surface area (Å²) in [6, 6.07) is 10.3. The first-order chi connectivity index (χ1) is 18.1. The Kier molecular flexibility index (Phi) is 8.26. The van der Waals surface area contributed by atoms with Crippen LogP contribution in [0.25, 0.3) is 11.4 Å². The van der Waals surface area contributed by atoms with Crippen LogP contribution in [0.1, 0.15) is 16.9 Å². The molecule has 0 radical (unpaired) electrons. The number of piperazine rings is 1. The van der Waals surface area contributed by atoms with Crippen molar-refractivity contribution in [3.8, 4) is 11.4 Å². The molecule has 14 nitrogen and oxygen atoms in total. The van der Waals surface area contributed by atoms with Crippen LogP contribution < -0.4 is 10.2 Å². The van der Waals surface area contributed by atoms with Crippen LogP contribution in [-0.2, 0) is 14.1 Å². The summed E-state index contributed by atoms with van der Waals surface area (Å²) in [4.78, 5) is 70.3. The van der Waals surface area contributed by atoms with E-state index in [-0.39, 0.29) is 43.8 Å². The van der Waals surface area contributed by atoms with Gasteiger partial charge in [0.2, 0.25) is 5.78 Å². The summed E-state index contributed by atoms with van der Waals surface area (Å²) in [5, 5.41) is 11.3. The number of benzene rings is 1. The number of anilines is 1. The minimum Gasteiger partial charge on any atom is -0.465 e. The summed E-state index contributed by atoms with van der Waals surface area (Å²) >= 11 is 0. The maximum absolute atomic E-state index is 13.3. The molecular formula is C23H29N6O8P. The Hall–Kier alpha value is -3.58. The van der Waals surface area contributed by atoms with E-state index in [0.29, 0.717) is 24.5 Å². The maximum atomic E-state index is 13.3. The van der Waals surface area contributed by atoms with E-state index in [9.17, 15) is 28.7 Å². The Labute approximate surface area is 218 Å². The highest BCUT2D eigenvalue weighted by molar-refractivity contribution is 7.53. The van der Waals surface area contributed by atoms with Crippen molar-refractivity contribution in [2.45, 2.75) is 18.3 Å². The number of carbonyl (C=O) groups excluding carboxylic acids is 2. The highest BCUT2D eigenvalue weighted by Gasteiger charge is 2.41. The lowest BCUT2D eigenvalue weighted by Gasteiger charge is -2.35. The molecule has 2 atom stereocenters. The molecule has 0 saturated carbocycles. The number of hydrogen-bond acceptors (Lipinski definition) is 8. The largest absolute Gasteiger partial charge is 0.465 e. The fourth-order valence-corrected chi connectivity index (χ4v) is 5.07. The van der Waals surface area contributed by atoms with E-state index in [0.717, 1.165) is 16.2 Å². The molecular weight excluding hydrogens is 519 g/mol. The molecule has 2 aliphatic heterocycles. The van der Waals surface area contributed by atoms with Crippen LogP contribution in [0, 0.1) is 0 Å². The van der Waals surface area contributed by atoms with E-state index >= 15 is 0 Å². The van der Waals surface area contributed by atoms with Gasteiger partial charge >= 0.3 is 13.7 Å². The first kappa shape index (κ1) is 27.5. The lowest BCUT2D eigenvalue weighted by Crippen LogP contribution is -2.55. The number of amides is 3. The van der Waals surface area contributed by atoms with Crippen LogP contribution in [0.15, 0.2) is 36.4 Å². The topological polar surface area (TPSA) is 186 Å². The van der Waals surface area contributed by atoms with E-state index < -0.39 is 31.3 Å². The predicted octanol–water partition coefficient (Wildman–Crippen LogP) is 0.425. The molecule has 0 aliphatic carbocycles. The van der Waals surface area contributed by atoms with Gasteiger partial charge in [-0.05, 0) is 6.42 Å². The molecule has 2 aliphatic rings. The Morgan fingerprint density at radius 3 is 2.29 bits per heavy atom.